The Hall–Kier alpha value is -2.21. The molecule has 0 aliphatic heterocycles. The van der Waals surface area contributed by atoms with Crippen molar-refractivity contribution in [3.63, 3.8) is 0 Å². The van der Waals surface area contributed by atoms with Gasteiger partial charge < -0.3 is 5.32 Å². The molecule has 4 heteroatoms. The van der Waals surface area contributed by atoms with Gasteiger partial charge in [-0.1, -0.05) is 47.3 Å². The Balaban J connectivity index is 2.42. The summed E-state index contributed by atoms with van der Waals surface area (Å²) in [5.74, 6) is 5.63. The van der Waals surface area contributed by atoms with Gasteiger partial charge in [-0.15, -0.1) is 5.92 Å². The molecule has 2 nitrogen and oxygen atoms in total. The van der Waals surface area contributed by atoms with Crippen LogP contribution in [-0.2, 0) is 0 Å². The van der Waals surface area contributed by atoms with Crippen molar-refractivity contribution in [1.82, 2.24) is 0 Å². The third kappa shape index (κ3) is 4.16. The topological polar surface area (TPSA) is 29.1 Å². The number of amides is 1. The van der Waals surface area contributed by atoms with E-state index in [1.165, 1.54) is 0 Å². The molecule has 0 saturated heterocycles. The van der Waals surface area contributed by atoms with E-state index in [2.05, 4.69) is 17.2 Å². The predicted octanol–water partition coefficient (Wildman–Crippen LogP) is 5.65. The molecule has 0 aliphatic rings. The minimum absolute atomic E-state index is 0.248. The Morgan fingerprint density at radius 2 is 2.00 bits per heavy atom. The number of allylic oxidation sites excluding steroid dienone is 1. The summed E-state index contributed by atoms with van der Waals surface area (Å²) in [5, 5.41) is 3.72. The number of benzene rings is 2. The van der Waals surface area contributed by atoms with Crippen molar-refractivity contribution < 1.29 is 4.79 Å². The number of anilines is 1. The number of hydrogen-bond acceptors (Lipinski definition) is 1. The molecule has 0 aromatic heterocycles. The number of nitrogens with one attached hydrogen (secondary N) is 1. The van der Waals surface area contributed by atoms with Crippen LogP contribution in [0.5, 0.6) is 0 Å². The highest BCUT2D eigenvalue weighted by Crippen LogP contribution is 2.26. The van der Waals surface area contributed by atoms with Gasteiger partial charge in [0.25, 0.3) is 5.91 Å². The van der Waals surface area contributed by atoms with Gasteiger partial charge in [0.05, 0.1) is 10.7 Å². The Labute approximate surface area is 146 Å². The summed E-state index contributed by atoms with van der Waals surface area (Å²) < 4.78 is 0. The second-order valence-corrected chi connectivity index (χ2v) is 5.56. The molecular weight excluding hydrogens is 329 g/mol. The van der Waals surface area contributed by atoms with Gasteiger partial charge >= 0.3 is 0 Å². The van der Waals surface area contributed by atoms with E-state index in [1.54, 1.807) is 31.2 Å². The first kappa shape index (κ1) is 17.1. The lowest BCUT2D eigenvalue weighted by atomic mass is 10.00. The summed E-state index contributed by atoms with van der Waals surface area (Å²) in [7, 11) is 0. The molecular formula is C19H15Cl2NO. The SMILES string of the molecule is CC#Cc1cccc(C(=O)Nc2ccc(Cl)cc2Cl)c1C=CC. The normalized spacial score (nSPS) is 10.3. The molecule has 0 heterocycles. The van der Waals surface area contributed by atoms with Gasteiger partial charge in [0.15, 0.2) is 0 Å². The average Bonchev–Trinajstić information content (AvgIpc) is 2.52. The molecule has 1 N–H and O–H groups in total. The van der Waals surface area contributed by atoms with Crippen LogP contribution in [0.25, 0.3) is 6.08 Å². The van der Waals surface area contributed by atoms with Crippen molar-refractivity contribution in [2.45, 2.75) is 13.8 Å². The molecule has 0 fully saturated rings. The molecule has 0 saturated carbocycles. The van der Waals surface area contributed by atoms with Crippen LogP contribution in [0, 0.1) is 11.8 Å². The van der Waals surface area contributed by atoms with Gasteiger partial charge in [0, 0.05) is 21.7 Å². The third-order valence-corrected chi connectivity index (χ3v) is 3.67. The highest BCUT2D eigenvalue weighted by atomic mass is 35.5. The molecule has 23 heavy (non-hydrogen) atoms. The first-order valence-corrected chi connectivity index (χ1v) is 7.77. The van der Waals surface area contributed by atoms with Crippen LogP contribution in [0.3, 0.4) is 0 Å². The van der Waals surface area contributed by atoms with Gasteiger partial charge in [-0.05, 0) is 44.2 Å². The van der Waals surface area contributed by atoms with Crippen LogP contribution < -0.4 is 5.32 Å². The van der Waals surface area contributed by atoms with E-state index < -0.39 is 0 Å². The van der Waals surface area contributed by atoms with E-state index in [0.29, 0.717) is 21.3 Å². The molecule has 2 rings (SSSR count). The molecule has 2 aromatic carbocycles. The van der Waals surface area contributed by atoms with Crippen LogP contribution >= 0.6 is 23.2 Å². The Bertz CT molecular complexity index is 829. The summed E-state index contributed by atoms with van der Waals surface area (Å²) in [6.45, 7) is 3.66. The van der Waals surface area contributed by atoms with E-state index >= 15 is 0 Å². The third-order valence-electron chi connectivity index (χ3n) is 3.12. The lowest BCUT2D eigenvalue weighted by Crippen LogP contribution is -2.14. The minimum atomic E-state index is -0.248. The van der Waals surface area contributed by atoms with Crippen molar-refractivity contribution in [2.75, 3.05) is 5.32 Å². The first-order chi connectivity index (χ1) is 11.1. The highest BCUT2D eigenvalue weighted by molar-refractivity contribution is 6.36. The maximum Gasteiger partial charge on any atom is 0.256 e. The smallest absolute Gasteiger partial charge is 0.256 e. The molecule has 2 aromatic rings. The first-order valence-electron chi connectivity index (χ1n) is 7.01. The molecule has 0 unspecified atom stereocenters. The van der Waals surface area contributed by atoms with Crippen LogP contribution in [0.1, 0.15) is 35.3 Å². The lowest BCUT2D eigenvalue weighted by molar-refractivity contribution is 0.102. The van der Waals surface area contributed by atoms with Gasteiger partial charge in [-0.2, -0.15) is 0 Å². The monoisotopic (exact) mass is 343 g/mol. The number of rotatable bonds is 3. The Kier molecular flexibility index (Phi) is 5.87. The van der Waals surface area contributed by atoms with E-state index in [1.807, 2.05) is 31.2 Å². The number of carbonyl (C=O) groups excluding carboxylic acids is 1. The second-order valence-electron chi connectivity index (χ2n) is 4.72. The zero-order chi connectivity index (χ0) is 16.8. The van der Waals surface area contributed by atoms with Crippen LogP contribution in [0.15, 0.2) is 42.5 Å². The Morgan fingerprint density at radius 3 is 2.65 bits per heavy atom. The van der Waals surface area contributed by atoms with Crippen molar-refractivity contribution in [2.24, 2.45) is 0 Å². The van der Waals surface area contributed by atoms with Gasteiger partial charge in [0.1, 0.15) is 0 Å². The summed E-state index contributed by atoms with van der Waals surface area (Å²) in [6, 6.07) is 10.4. The molecule has 0 radical (unpaired) electrons. The molecule has 0 atom stereocenters. The van der Waals surface area contributed by atoms with Crippen molar-refractivity contribution in [3.05, 3.63) is 69.2 Å². The zero-order valence-corrected chi connectivity index (χ0v) is 14.3. The van der Waals surface area contributed by atoms with Crippen molar-refractivity contribution in [1.29, 1.82) is 0 Å². The molecule has 1 amide bonds. The van der Waals surface area contributed by atoms with Gasteiger partial charge in [-0.25, -0.2) is 0 Å². The molecule has 116 valence electrons. The number of hydrogen-bond donors (Lipinski definition) is 1. The highest BCUT2D eigenvalue weighted by Gasteiger charge is 2.14. The zero-order valence-electron chi connectivity index (χ0n) is 12.8. The van der Waals surface area contributed by atoms with E-state index in [9.17, 15) is 4.79 Å². The van der Waals surface area contributed by atoms with Crippen molar-refractivity contribution in [3.8, 4) is 11.8 Å². The summed E-state index contributed by atoms with van der Waals surface area (Å²) in [6.07, 6.45) is 3.75. The van der Waals surface area contributed by atoms with Crippen molar-refractivity contribution >= 4 is 40.9 Å². The minimum Gasteiger partial charge on any atom is -0.321 e. The largest absolute Gasteiger partial charge is 0.321 e. The molecule has 0 aliphatic carbocycles. The van der Waals surface area contributed by atoms with E-state index in [4.69, 9.17) is 23.2 Å². The Morgan fingerprint density at radius 1 is 1.22 bits per heavy atom. The average molecular weight is 344 g/mol. The van der Waals surface area contributed by atoms with Crippen LogP contribution in [0.4, 0.5) is 5.69 Å². The number of carbonyl (C=O) groups is 1. The van der Waals surface area contributed by atoms with E-state index in [0.717, 1.165) is 11.1 Å². The number of halogens is 2. The van der Waals surface area contributed by atoms with E-state index in [-0.39, 0.29) is 5.91 Å². The summed E-state index contributed by atoms with van der Waals surface area (Å²) in [4.78, 5) is 12.6. The lowest BCUT2D eigenvalue weighted by Gasteiger charge is -2.11. The van der Waals surface area contributed by atoms with Crippen LogP contribution in [-0.4, -0.2) is 5.91 Å². The predicted molar refractivity (Wildman–Crippen MR) is 98.1 cm³/mol. The van der Waals surface area contributed by atoms with Gasteiger partial charge in [0.2, 0.25) is 0 Å². The summed E-state index contributed by atoms with van der Waals surface area (Å²) in [5.41, 5.74) is 2.64. The summed E-state index contributed by atoms with van der Waals surface area (Å²) >= 11 is 12.0. The fraction of sp³-hybridized carbons (Fsp3) is 0.105. The quantitative estimate of drug-likeness (QED) is 0.716. The van der Waals surface area contributed by atoms with Crippen LogP contribution in [0.2, 0.25) is 10.0 Å². The fourth-order valence-electron chi connectivity index (χ4n) is 2.13. The molecule has 0 spiro atoms. The fourth-order valence-corrected chi connectivity index (χ4v) is 2.59. The standard InChI is InChI=1S/C19H15Cl2NO/c1-3-6-13-8-5-9-16(15(13)7-4-2)19(23)22-18-11-10-14(20)12-17(18)21/h4-5,7-12H,1-2H3,(H,22,23). The second kappa shape index (κ2) is 7.87. The molecule has 0 bridgehead atoms. The maximum atomic E-state index is 12.6. The maximum absolute atomic E-state index is 12.6. The van der Waals surface area contributed by atoms with Gasteiger partial charge in [-0.3, -0.25) is 4.79 Å².